The van der Waals surface area contributed by atoms with E-state index in [0.717, 1.165) is 37.2 Å². The molecule has 5 heteroatoms. The number of anilines is 1. The number of likely N-dealkylation sites (N-methyl/N-ethyl adjacent to an activating group) is 1. The number of benzene rings is 1. The van der Waals surface area contributed by atoms with Crippen molar-refractivity contribution in [1.29, 1.82) is 0 Å². The normalized spacial score (nSPS) is 17.5. The minimum atomic E-state index is -0.240. The summed E-state index contributed by atoms with van der Waals surface area (Å²) in [6, 6.07) is 8.31. The van der Waals surface area contributed by atoms with Crippen molar-refractivity contribution in [1.82, 2.24) is 9.80 Å². The lowest BCUT2D eigenvalue weighted by atomic mass is 9.92. The molecule has 5 nitrogen and oxygen atoms in total. The van der Waals surface area contributed by atoms with Crippen molar-refractivity contribution in [2.45, 2.75) is 32.4 Å². The summed E-state index contributed by atoms with van der Waals surface area (Å²) in [6.07, 6.45) is 1.71. The smallest absolute Gasteiger partial charge is 0.236 e. The summed E-state index contributed by atoms with van der Waals surface area (Å²) in [4.78, 5) is 18.5. The molecule has 1 unspecified atom stereocenters. The maximum absolute atomic E-state index is 12.4. The van der Waals surface area contributed by atoms with E-state index in [1.54, 1.807) is 4.90 Å². The van der Waals surface area contributed by atoms with Gasteiger partial charge in [-0.25, -0.2) is 0 Å². The first-order chi connectivity index (χ1) is 11.4. The fraction of sp³-hybridized carbons (Fsp3) is 0.632. The lowest BCUT2D eigenvalue weighted by Gasteiger charge is -2.33. The van der Waals surface area contributed by atoms with Crippen molar-refractivity contribution < 1.29 is 9.90 Å². The zero-order valence-corrected chi connectivity index (χ0v) is 15.4. The Kier molecular flexibility index (Phi) is 6.63. The van der Waals surface area contributed by atoms with E-state index in [2.05, 4.69) is 34.1 Å². The van der Waals surface area contributed by atoms with E-state index in [1.165, 1.54) is 0 Å². The van der Waals surface area contributed by atoms with Crippen LogP contribution in [0.4, 0.5) is 5.69 Å². The van der Waals surface area contributed by atoms with Crippen LogP contribution in [0.1, 0.15) is 25.3 Å². The molecular weight excluding hydrogens is 302 g/mol. The molecule has 0 bridgehead atoms. The van der Waals surface area contributed by atoms with Crippen LogP contribution in [0.25, 0.3) is 0 Å². The van der Waals surface area contributed by atoms with Crippen LogP contribution < -0.4 is 4.90 Å². The van der Waals surface area contributed by atoms with Gasteiger partial charge in [0.25, 0.3) is 0 Å². The lowest BCUT2D eigenvalue weighted by Crippen LogP contribution is -2.43. The molecule has 1 N–H and O–H groups in total. The Balaban J connectivity index is 1.80. The Morgan fingerprint density at radius 2 is 1.79 bits per heavy atom. The molecule has 24 heavy (non-hydrogen) atoms. The molecule has 1 aliphatic rings. The lowest BCUT2D eigenvalue weighted by molar-refractivity contribution is -0.132. The van der Waals surface area contributed by atoms with Crippen molar-refractivity contribution >= 4 is 11.6 Å². The topological polar surface area (TPSA) is 47.0 Å². The van der Waals surface area contributed by atoms with Gasteiger partial charge in [0, 0.05) is 33.4 Å². The summed E-state index contributed by atoms with van der Waals surface area (Å²) in [6.45, 7) is 4.76. The first-order valence-corrected chi connectivity index (χ1v) is 8.77. The van der Waals surface area contributed by atoms with Crippen molar-refractivity contribution in [3.8, 4) is 0 Å². The number of hydrogen-bond donors (Lipinski definition) is 1. The van der Waals surface area contributed by atoms with Crippen LogP contribution in [0.5, 0.6) is 0 Å². The molecule has 2 rings (SSSR count). The van der Waals surface area contributed by atoms with Gasteiger partial charge >= 0.3 is 0 Å². The highest BCUT2D eigenvalue weighted by Gasteiger charge is 2.24. The summed E-state index contributed by atoms with van der Waals surface area (Å²) < 4.78 is 0. The van der Waals surface area contributed by atoms with Gasteiger partial charge < -0.3 is 14.9 Å². The highest BCUT2D eigenvalue weighted by atomic mass is 16.3. The Bertz CT molecular complexity index is 520. The maximum Gasteiger partial charge on any atom is 0.236 e. The zero-order valence-electron chi connectivity index (χ0n) is 15.4. The Morgan fingerprint density at radius 3 is 2.29 bits per heavy atom. The molecule has 1 aromatic rings. The second-order valence-corrected chi connectivity index (χ2v) is 7.16. The molecule has 1 aliphatic heterocycles. The zero-order chi connectivity index (χ0) is 17.7. The van der Waals surface area contributed by atoms with Crippen molar-refractivity contribution in [2.75, 3.05) is 45.7 Å². The van der Waals surface area contributed by atoms with E-state index < -0.39 is 0 Å². The molecule has 0 spiro atoms. The second-order valence-electron chi connectivity index (χ2n) is 7.16. The average Bonchev–Trinajstić information content (AvgIpc) is 2.55. The van der Waals surface area contributed by atoms with Crippen LogP contribution in [-0.2, 0) is 11.3 Å². The summed E-state index contributed by atoms with van der Waals surface area (Å²) in [5.74, 6) is 0.534. The van der Waals surface area contributed by atoms with Gasteiger partial charge in [-0.05, 0) is 56.5 Å². The Labute approximate surface area is 145 Å². The number of carbonyl (C=O) groups is 1. The second kappa shape index (κ2) is 8.49. The first kappa shape index (κ1) is 18.7. The van der Waals surface area contributed by atoms with E-state index in [4.69, 9.17) is 0 Å². The van der Waals surface area contributed by atoms with E-state index in [0.29, 0.717) is 19.0 Å². The molecule has 0 aromatic heterocycles. The van der Waals surface area contributed by atoms with Crippen molar-refractivity contribution in [3.05, 3.63) is 29.8 Å². The number of hydrogen-bond acceptors (Lipinski definition) is 4. The van der Waals surface area contributed by atoms with Gasteiger partial charge in [-0.1, -0.05) is 12.1 Å². The summed E-state index contributed by atoms with van der Waals surface area (Å²) in [7, 11) is 5.90. The number of rotatable bonds is 6. The minimum absolute atomic E-state index is 0.155. The Hall–Kier alpha value is -1.59. The number of likely N-dealkylation sites (tertiary alicyclic amines) is 1. The third-order valence-corrected chi connectivity index (χ3v) is 4.97. The number of amides is 1. The standard InChI is InChI=1S/C19H31N3O2/c1-15(23)17-9-11-22(12-10-17)14-19(24)21(4)13-16-5-7-18(8-6-16)20(2)3/h5-8,15,17,23H,9-14H2,1-4H3. The van der Waals surface area contributed by atoms with Crippen LogP contribution in [0.3, 0.4) is 0 Å². The molecule has 0 saturated carbocycles. The van der Waals surface area contributed by atoms with Crippen LogP contribution in [0.15, 0.2) is 24.3 Å². The molecule has 134 valence electrons. The third kappa shape index (κ3) is 5.21. The molecule has 1 saturated heterocycles. The van der Waals surface area contributed by atoms with Crippen LogP contribution in [0.2, 0.25) is 0 Å². The van der Waals surface area contributed by atoms with Gasteiger partial charge in [-0.15, -0.1) is 0 Å². The predicted molar refractivity (Wildman–Crippen MR) is 98.1 cm³/mol. The molecule has 0 radical (unpaired) electrons. The number of carbonyl (C=O) groups excluding carboxylic acids is 1. The first-order valence-electron chi connectivity index (χ1n) is 8.77. The highest BCUT2D eigenvalue weighted by molar-refractivity contribution is 5.78. The fourth-order valence-electron chi connectivity index (χ4n) is 3.17. The van der Waals surface area contributed by atoms with Gasteiger partial charge in [0.2, 0.25) is 5.91 Å². The van der Waals surface area contributed by atoms with Gasteiger partial charge in [-0.2, -0.15) is 0 Å². The van der Waals surface area contributed by atoms with E-state index >= 15 is 0 Å². The largest absolute Gasteiger partial charge is 0.393 e. The predicted octanol–water partition coefficient (Wildman–Crippen LogP) is 1.80. The van der Waals surface area contributed by atoms with Gasteiger partial charge in [-0.3, -0.25) is 9.69 Å². The summed E-state index contributed by atoms with van der Waals surface area (Å²) >= 11 is 0. The van der Waals surface area contributed by atoms with Crippen molar-refractivity contribution in [2.24, 2.45) is 5.92 Å². The van der Waals surface area contributed by atoms with Crippen LogP contribution >= 0.6 is 0 Å². The summed E-state index contributed by atoms with van der Waals surface area (Å²) in [5.41, 5.74) is 2.30. The number of aliphatic hydroxyl groups excluding tert-OH is 1. The molecular formula is C19H31N3O2. The quantitative estimate of drug-likeness (QED) is 0.862. The molecule has 1 fully saturated rings. The van der Waals surface area contributed by atoms with Crippen molar-refractivity contribution in [3.63, 3.8) is 0 Å². The summed E-state index contributed by atoms with van der Waals surface area (Å²) in [5, 5.41) is 9.65. The van der Waals surface area contributed by atoms with Crippen LogP contribution in [-0.4, -0.2) is 67.7 Å². The van der Waals surface area contributed by atoms with E-state index in [9.17, 15) is 9.90 Å². The third-order valence-electron chi connectivity index (χ3n) is 4.97. The monoisotopic (exact) mass is 333 g/mol. The van der Waals surface area contributed by atoms with Gasteiger partial charge in [0.05, 0.1) is 12.6 Å². The number of piperidine rings is 1. The minimum Gasteiger partial charge on any atom is -0.393 e. The molecule has 1 atom stereocenters. The van der Waals surface area contributed by atoms with Gasteiger partial charge in [0.15, 0.2) is 0 Å². The number of nitrogens with zero attached hydrogens (tertiary/aromatic N) is 3. The number of aliphatic hydroxyl groups is 1. The Morgan fingerprint density at radius 1 is 1.21 bits per heavy atom. The SMILES string of the molecule is CC(O)C1CCN(CC(=O)N(C)Cc2ccc(N(C)C)cc2)CC1. The highest BCUT2D eigenvalue weighted by Crippen LogP contribution is 2.20. The molecule has 1 aromatic carbocycles. The molecule has 0 aliphatic carbocycles. The van der Waals surface area contributed by atoms with E-state index in [1.807, 2.05) is 28.1 Å². The fourth-order valence-corrected chi connectivity index (χ4v) is 3.17. The molecule has 1 amide bonds. The van der Waals surface area contributed by atoms with Crippen LogP contribution in [0, 0.1) is 5.92 Å². The van der Waals surface area contributed by atoms with E-state index in [-0.39, 0.29) is 12.0 Å². The molecule has 1 heterocycles. The maximum atomic E-state index is 12.4. The van der Waals surface area contributed by atoms with Gasteiger partial charge in [0.1, 0.15) is 0 Å². The average molecular weight is 333 g/mol.